The zero-order chi connectivity index (χ0) is 13.1. The molecule has 0 radical (unpaired) electrons. The maximum absolute atomic E-state index is 12.1. The first-order valence-electron chi connectivity index (χ1n) is 5.89. The van der Waals surface area contributed by atoms with Gasteiger partial charge in [0.05, 0.1) is 0 Å². The zero-order valence-corrected chi connectivity index (χ0v) is 10.1. The van der Waals surface area contributed by atoms with Gasteiger partial charge in [0, 0.05) is 18.2 Å². The van der Waals surface area contributed by atoms with Crippen LogP contribution in [-0.2, 0) is 11.3 Å². The van der Waals surface area contributed by atoms with Gasteiger partial charge in [-0.1, -0.05) is 6.92 Å². The van der Waals surface area contributed by atoms with Gasteiger partial charge in [-0.25, -0.2) is 8.78 Å². The van der Waals surface area contributed by atoms with Gasteiger partial charge in [-0.15, -0.1) is 0 Å². The Morgan fingerprint density at radius 2 is 2.39 bits per heavy atom. The van der Waals surface area contributed by atoms with Gasteiger partial charge in [-0.3, -0.25) is 9.48 Å². The van der Waals surface area contributed by atoms with Gasteiger partial charge in [0.2, 0.25) is 5.91 Å². The monoisotopic (exact) mass is 258 g/mol. The van der Waals surface area contributed by atoms with Crippen molar-refractivity contribution in [2.75, 3.05) is 18.4 Å². The second-order valence-electron chi connectivity index (χ2n) is 4.51. The van der Waals surface area contributed by atoms with E-state index in [0.717, 1.165) is 17.8 Å². The number of carbonyl (C=O) groups excluding carboxylic acids is 1. The number of aromatic nitrogens is 2. The third kappa shape index (κ3) is 3.04. The summed E-state index contributed by atoms with van der Waals surface area (Å²) in [4.78, 5) is 11.8. The van der Waals surface area contributed by atoms with E-state index < -0.39 is 13.0 Å². The summed E-state index contributed by atoms with van der Waals surface area (Å²) in [5.74, 6) is 0.434. The summed E-state index contributed by atoms with van der Waals surface area (Å²) in [5.41, 5.74) is 0. The minimum Gasteiger partial charge on any atom is -0.316 e. The molecule has 1 aliphatic rings. The number of rotatable bonds is 5. The first kappa shape index (κ1) is 12.9. The standard InChI is InChI=1S/C11H16F2N4O/c1-7(8-4-14-5-8)11(18)15-10-2-3-17(16-10)6-9(12)13/h2-3,7-9,14H,4-6H2,1H3,(H,15,16,18). The average Bonchev–Trinajstić information content (AvgIpc) is 2.61. The molecular formula is C11H16F2N4O. The predicted molar refractivity (Wildman–Crippen MR) is 62.4 cm³/mol. The van der Waals surface area contributed by atoms with E-state index in [4.69, 9.17) is 0 Å². The van der Waals surface area contributed by atoms with Crippen LogP contribution in [0.15, 0.2) is 12.3 Å². The number of halogens is 2. The van der Waals surface area contributed by atoms with Gasteiger partial charge in [0.1, 0.15) is 6.54 Å². The predicted octanol–water partition coefficient (Wildman–Crippen LogP) is 0.942. The lowest BCUT2D eigenvalue weighted by Crippen LogP contribution is -2.48. The Bertz CT molecular complexity index is 417. The van der Waals surface area contributed by atoms with Crippen LogP contribution in [0.5, 0.6) is 0 Å². The molecule has 18 heavy (non-hydrogen) atoms. The molecular weight excluding hydrogens is 242 g/mol. The maximum atomic E-state index is 12.1. The number of nitrogens with one attached hydrogen (secondary N) is 2. The van der Waals surface area contributed by atoms with Crippen molar-refractivity contribution < 1.29 is 13.6 Å². The van der Waals surface area contributed by atoms with E-state index >= 15 is 0 Å². The smallest absolute Gasteiger partial charge is 0.257 e. The molecule has 2 N–H and O–H groups in total. The Morgan fingerprint density at radius 3 is 2.94 bits per heavy atom. The van der Waals surface area contributed by atoms with Crippen molar-refractivity contribution in [1.29, 1.82) is 0 Å². The molecule has 0 spiro atoms. The molecule has 0 aromatic carbocycles. The van der Waals surface area contributed by atoms with E-state index in [1.807, 2.05) is 6.92 Å². The highest BCUT2D eigenvalue weighted by Crippen LogP contribution is 2.17. The normalized spacial score (nSPS) is 17.6. The molecule has 1 saturated heterocycles. The number of amides is 1. The summed E-state index contributed by atoms with van der Waals surface area (Å²) in [6, 6.07) is 1.52. The summed E-state index contributed by atoms with van der Waals surface area (Å²) < 4.78 is 25.4. The largest absolute Gasteiger partial charge is 0.316 e. The fourth-order valence-electron chi connectivity index (χ4n) is 1.79. The molecule has 1 aromatic heterocycles. The lowest BCUT2D eigenvalue weighted by molar-refractivity contribution is -0.121. The van der Waals surface area contributed by atoms with Crippen molar-refractivity contribution in [2.45, 2.75) is 19.9 Å². The van der Waals surface area contributed by atoms with Gasteiger partial charge in [-0.05, 0) is 19.0 Å². The molecule has 1 fully saturated rings. The Hall–Kier alpha value is -1.50. The van der Waals surface area contributed by atoms with Gasteiger partial charge in [-0.2, -0.15) is 5.10 Å². The quantitative estimate of drug-likeness (QED) is 0.826. The molecule has 0 aliphatic carbocycles. The second kappa shape index (κ2) is 5.43. The number of carbonyl (C=O) groups is 1. The van der Waals surface area contributed by atoms with Crippen molar-refractivity contribution in [2.24, 2.45) is 11.8 Å². The molecule has 5 nitrogen and oxygen atoms in total. The molecule has 1 aromatic rings. The minimum absolute atomic E-state index is 0.105. The second-order valence-corrected chi connectivity index (χ2v) is 4.51. The van der Waals surface area contributed by atoms with Crippen LogP contribution in [0.2, 0.25) is 0 Å². The molecule has 7 heteroatoms. The Morgan fingerprint density at radius 1 is 1.67 bits per heavy atom. The molecule has 1 amide bonds. The van der Waals surface area contributed by atoms with Crippen molar-refractivity contribution in [3.05, 3.63) is 12.3 Å². The average molecular weight is 258 g/mol. The highest BCUT2D eigenvalue weighted by Gasteiger charge is 2.28. The lowest BCUT2D eigenvalue weighted by atomic mass is 9.88. The fourth-order valence-corrected chi connectivity index (χ4v) is 1.79. The van der Waals surface area contributed by atoms with Crippen LogP contribution >= 0.6 is 0 Å². The maximum Gasteiger partial charge on any atom is 0.257 e. The zero-order valence-electron chi connectivity index (χ0n) is 10.1. The number of anilines is 1. The van der Waals surface area contributed by atoms with E-state index in [1.54, 1.807) is 0 Å². The number of nitrogens with zero attached hydrogens (tertiary/aromatic N) is 2. The summed E-state index contributed by atoms with van der Waals surface area (Å²) in [6.45, 7) is 3.08. The van der Waals surface area contributed by atoms with Gasteiger partial charge in [0.15, 0.2) is 5.82 Å². The van der Waals surface area contributed by atoms with Crippen LogP contribution in [0.25, 0.3) is 0 Å². The summed E-state index contributed by atoms with van der Waals surface area (Å²) >= 11 is 0. The SMILES string of the molecule is CC(C(=O)Nc1ccn(CC(F)F)n1)C1CNC1. The van der Waals surface area contributed by atoms with Crippen LogP contribution < -0.4 is 10.6 Å². The van der Waals surface area contributed by atoms with Crippen LogP contribution in [0, 0.1) is 11.8 Å². The molecule has 100 valence electrons. The van der Waals surface area contributed by atoms with Crippen LogP contribution in [0.3, 0.4) is 0 Å². The van der Waals surface area contributed by atoms with Crippen molar-refractivity contribution in [3.63, 3.8) is 0 Å². The van der Waals surface area contributed by atoms with Gasteiger partial charge in [0.25, 0.3) is 6.43 Å². The van der Waals surface area contributed by atoms with Gasteiger partial charge < -0.3 is 10.6 Å². The molecule has 1 atom stereocenters. The summed E-state index contributed by atoms with van der Waals surface area (Å²) in [5, 5.41) is 9.61. The lowest BCUT2D eigenvalue weighted by Gasteiger charge is -2.31. The van der Waals surface area contributed by atoms with Crippen molar-refractivity contribution in [3.8, 4) is 0 Å². The van der Waals surface area contributed by atoms with Crippen LogP contribution in [-0.4, -0.2) is 35.2 Å². The van der Waals surface area contributed by atoms with Crippen LogP contribution in [0.4, 0.5) is 14.6 Å². The Kier molecular flexibility index (Phi) is 3.90. The summed E-state index contributed by atoms with van der Waals surface area (Å²) in [6.07, 6.45) is -1.02. The topological polar surface area (TPSA) is 59.0 Å². The Labute approximate surface area is 104 Å². The van der Waals surface area contributed by atoms with Crippen molar-refractivity contribution in [1.82, 2.24) is 15.1 Å². The van der Waals surface area contributed by atoms with Gasteiger partial charge >= 0.3 is 0 Å². The number of hydrogen-bond acceptors (Lipinski definition) is 3. The first-order valence-corrected chi connectivity index (χ1v) is 5.89. The number of hydrogen-bond donors (Lipinski definition) is 2. The molecule has 1 unspecified atom stereocenters. The van der Waals surface area contributed by atoms with E-state index in [0.29, 0.717) is 11.7 Å². The molecule has 0 saturated carbocycles. The third-order valence-corrected chi connectivity index (χ3v) is 3.15. The molecule has 2 rings (SSSR count). The first-order chi connectivity index (χ1) is 8.56. The van der Waals surface area contributed by atoms with Crippen LogP contribution in [0.1, 0.15) is 6.92 Å². The van der Waals surface area contributed by atoms with Crippen molar-refractivity contribution >= 4 is 11.7 Å². The highest BCUT2D eigenvalue weighted by molar-refractivity contribution is 5.91. The van der Waals surface area contributed by atoms with E-state index in [1.165, 1.54) is 12.3 Å². The Balaban J connectivity index is 1.88. The third-order valence-electron chi connectivity index (χ3n) is 3.15. The molecule has 1 aliphatic heterocycles. The van der Waals surface area contributed by atoms with E-state index in [-0.39, 0.29) is 11.8 Å². The molecule has 0 bridgehead atoms. The van der Waals surface area contributed by atoms with E-state index in [2.05, 4.69) is 15.7 Å². The summed E-state index contributed by atoms with van der Waals surface area (Å²) in [7, 11) is 0. The number of alkyl halides is 2. The fraction of sp³-hybridized carbons (Fsp3) is 0.636. The minimum atomic E-state index is -2.45. The molecule has 2 heterocycles. The van der Waals surface area contributed by atoms with E-state index in [9.17, 15) is 13.6 Å². The highest BCUT2D eigenvalue weighted by atomic mass is 19.3.